The lowest BCUT2D eigenvalue weighted by molar-refractivity contribution is -0.140. The number of aliphatic hydroxyl groups excluding tert-OH is 1. The van der Waals surface area contributed by atoms with E-state index in [1.807, 2.05) is 0 Å². The zero-order chi connectivity index (χ0) is 26.1. The van der Waals surface area contributed by atoms with Crippen molar-refractivity contribution in [2.75, 3.05) is 19.8 Å². The first-order chi connectivity index (χ1) is 15.7. The number of carboxylic acids is 1. The van der Waals surface area contributed by atoms with Crippen molar-refractivity contribution in [2.24, 2.45) is 16.7 Å². The molecule has 2 N–H and O–H groups in total. The Hall–Kier alpha value is -2.41. The minimum Gasteiger partial charge on any atom is -0.478 e. The third kappa shape index (κ3) is 8.75. The smallest absolute Gasteiger partial charge is 0.333 e. The molecule has 1 aliphatic rings. The van der Waals surface area contributed by atoms with Crippen LogP contribution >= 0.6 is 0 Å². The van der Waals surface area contributed by atoms with Crippen molar-refractivity contribution < 1.29 is 34.1 Å². The van der Waals surface area contributed by atoms with Crippen LogP contribution in [0.5, 0.6) is 0 Å². The Kier molecular flexibility index (Phi) is 11.2. The molecule has 1 aliphatic carbocycles. The molecule has 0 amide bonds. The van der Waals surface area contributed by atoms with E-state index < -0.39 is 23.3 Å². The Morgan fingerprint density at radius 1 is 1.03 bits per heavy atom. The van der Waals surface area contributed by atoms with Gasteiger partial charge < -0.3 is 19.7 Å². The van der Waals surface area contributed by atoms with E-state index in [0.29, 0.717) is 24.3 Å². The zero-order valence-corrected chi connectivity index (χ0v) is 21.5. The molecule has 0 spiro atoms. The second-order valence-corrected chi connectivity index (χ2v) is 10.6. The summed E-state index contributed by atoms with van der Waals surface area (Å²) in [6.45, 7) is 16.6. The van der Waals surface area contributed by atoms with Gasteiger partial charge in [0, 0.05) is 35.2 Å². The van der Waals surface area contributed by atoms with Crippen molar-refractivity contribution >= 4 is 17.9 Å². The van der Waals surface area contributed by atoms with Gasteiger partial charge in [-0.3, -0.25) is 0 Å². The van der Waals surface area contributed by atoms with E-state index in [2.05, 4.69) is 33.9 Å². The summed E-state index contributed by atoms with van der Waals surface area (Å²) in [6, 6.07) is 0. The zero-order valence-electron chi connectivity index (χ0n) is 21.5. The fraction of sp³-hybridized carbons (Fsp3) is 0.667. The van der Waals surface area contributed by atoms with Crippen LogP contribution in [0.2, 0.25) is 0 Å². The Morgan fingerprint density at radius 2 is 1.59 bits per heavy atom. The lowest BCUT2D eigenvalue weighted by atomic mass is 9.63. The van der Waals surface area contributed by atoms with E-state index in [1.165, 1.54) is 0 Å². The van der Waals surface area contributed by atoms with Crippen molar-refractivity contribution in [3.63, 3.8) is 0 Å². The van der Waals surface area contributed by atoms with Gasteiger partial charge in [-0.2, -0.15) is 0 Å². The van der Waals surface area contributed by atoms with Gasteiger partial charge in [0.2, 0.25) is 0 Å². The molecule has 192 valence electrons. The summed E-state index contributed by atoms with van der Waals surface area (Å²) in [5.74, 6) is -1.72. The molecule has 0 saturated heterocycles. The molecule has 0 saturated carbocycles. The van der Waals surface area contributed by atoms with Gasteiger partial charge in [-0.15, -0.1) is 0 Å². The van der Waals surface area contributed by atoms with Gasteiger partial charge in [-0.25, -0.2) is 14.4 Å². The molecular weight excluding hydrogens is 436 g/mol. The second kappa shape index (κ2) is 12.9. The average molecular weight is 479 g/mol. The molecule has 0 aromatic rings. The first-order valence-corrected chi connectivity index (χ1v) is 12.0. The molecule has 0 radical (unpaired) electrons. The fourth-order valence-electron chi connectivity index (χ4n) is 5.29. The predicted octanol–water partition coefficient (Wildman–Crippen LogP) is 4.99. The summed E-state index contributed by atoms with van der Waals surface area (Å²) >= 11 is 0. The molecular formula is C27H42O7. The number of aliphatic carboxylic acids is 1. The summed E-state index contributed by atoms with van der Waals surface area (Å²) in [7, 11) is 0. The molecule has 1 rings (SSSR count). The van der Waals surface area contributed by atoms with Crippen LogP contribution in [-0.4, -0.2) is 47.9 Å². The van der Waals surface area contributed by atoms with Crippen LogP contribution in [0.25, 0.3) is 0 Å². The maximum Gasteiger partial charge on any atom is 0.333 e. The third-order valence-corrected chi connectivity index (χ3v) is 6.49. The molecule has 0 aliphatic heterocycles. The highest BCUT2D eigenvalue weighted by molar-refractivity contribution is 5.89. The molecule has 0 bridgehead atoms. The molecule has 7 heteroatoms. The molecule has 7 nitrogen and oxygen atoms in total. The maximum absolute atomic E-state index is 12.8. The number of hydrogen-bond acceptors (Lipinski definition) is 6. The quantitative estimate of drug-likeness (QED) is 0.318. The summed E-state index contributed by atoms with van der Waals surface area (Å²) < 4.78 is 10.6. The minimum absolute atomic E-state index is 0.0199. The van der Waals surface area contributed by atoms with Gasteiger partial charge in [-0.1, -0.05) is 39.5 Å². The van der Waals surface area contributed by atoms with Crippen molar-refractivity contribution in [2.45, 2.75) is 79.6 Å². The van der Waals surface area contributed by atoms with Crippen LogP contribution in [0.4, 0.5) is 0 Å². The number of esters is 2. The normalized spacial score (nSPS) is 22.7. The third-order valence-electron chi connectivity index (χ3n) is 6.49. The first-order valence-electron chi connectivity index (χ1n) is 12.0. The highest BCUT2D eigenvalue weighted by atomic mass is 16.5. The largest absolute Gasteiger partial charge is 0.478 e. The molecule has 0 aromatic carbocycles. The number of aliphatic hydroxyl groups is 1. The number of carbonyl (C=O) groups is 3. The van der Waals surface area contributed by atoms with Crippen LogP contribution in [0.1, 0.15) is 79.6 Å². The lowest BCUT2D eigenvalue weighted by Crippen LogP contribution is -2.37. The van der Waals surface area contributed by atoms with Gasteiger partial charge in [0.1, 0.15) is 0 Å². The van der Waals surface area contributed by atoms with Gasteiger partial charge in [-0.05, 0) is 63.7 Å². The Balaban J connectivity index is 3.51. The summed E-state index contributed by atoms with van der Waals surface area (Å²) in [4.78, 5) is 36.6. The van der Waals surface area contributed by atoms with E-state index >= 15 is 0 Å². The SMILES string of the molecule is C=C(C)C(=O)OCCC1=C(C(=O)O)C(CCO)(CCOC(=O)C(=C)C)CC(C)(C)CC(C)CC1. The highest BCUT2D eigenvalue weighted by Crippen LogP contribution is 2.50. The van der Waals surface area contributed by atoms with Crippen LogP contribution in [0.15, 0.2) is 35.5 Å². The first kappa shape index (κ1) is 29.6. The van der Waals surface area contributed by atoms with E-state index in [-0.39, 0.29) is 61.2 Å². The van der Waals surface area contributed by atoms with E-state index in [4.69, 9.17) is 9.47 Å². The van der Waals surface area contributed by atoms with Crippen molar-refractivity contribution in [3.05, 3.63) is 35.5 Å². The van der Waals surface area contributed by atoms with Gasteiger partial charge in [0.05, 0.1) is 13.2 Å². The lowest BCUT2D eigenvalue weighted by Gasteiger charge is -2.41. The summed E-state index contributed by atoms with van der Waals surface area (Å²) in [5, 5.41) is 20.4. The van der Waals surface area contributed by atoms with Crippen molar-refractivity contribution in [3.8, 4) is 0 Å². The Bertz CT molecular complexity index is 821. The summed E-state index contributed by atoms with van der Waals surface area (Å²) in [5.41, 5.74) is 0.417. The molecule has 2 atom stereocenters. The topological polar surface area (TPSA) is 110 Å². The van der Waals surface area contributed by atoms with E-state index in [1.54, 1.807) is 13.8 Å². The molecule has 34 heavy (non-hydrogen) atoms. The Labute approximate surface area is 203 Å². The van der Waals surface area contributed by atoms with E-state index in [0.717, 1.165) is 12.8 Å². The fourth-order valence-corrected chi connectivity index (χ4v) is 5.29. The van der Waals surface area contributed by atoms with Crippen LogP contribution in [0.3, 0.4) is 0 Å². The number of carboxylic acid groups (broad SMARTS) is 1. The summed E-state index contributed by atoms with van der Waals surface area (Å²) in [6.07, 6.45) is 3.56. The average Bonchev–Trinajstić information content (AvgIpc) is 2.73. The highest BCUT2D eigenvalue weighted by Gasteiger charge is 2.44. The van der Waals surface area contributed by atoms with Crippen molar-refractivity contribution in [1.82, 2.24) is 0 Å². The van der Waals surface area contributed by atoms with Gasteiger partial charge in [0.25, 0.3) is 0 Å². The molecule has 0 aromatic heterocycles. The maximum atomic E-state index is 12.8. The predicted molar refractivity (Wildman–Crippen MR) is 131 cm³/mol. The van der Waals surface area contributed by atoms with Crippen LogP contribution < -0.4 is 0 Å². The van der Waals surface area contributed by atoms with E-state index in [9.17, 15) is 24.6 Å². The minimum atomic E-state index is -1.05. The van der Waals surface area contributed by atoms with Gasteiger partial charge >= 0.3 is 17.9 Å². The standard InChI is InChI=1S/C27H42O7/c1-18(2)24(31)33-14-10-21-9-8-20(5)16-26(6,7)17-27(11-13-28,22(21)23(29)30)12-15-34-25(32)19(3)4/h20,28H,1,3,8-17H2,2,4-7H3,(H,29,30). The number of ether oxygens (including phenoxy) is 2. The Morgan fingerprint density at radius 3 is 2.09 bits per heavy atom. The number of carbonyl (C=O) groups excluding carboxylic acids is 2. The number of rotatable bonds is 11. The molecule has 0 heterocycles. The molecule has 2 unspecified atom stereocenters. The molecule has 0 fully saturated rings. The monoisotopic (exact) mass is 478 g/mol. The van der Waals surface area contributed by atoms with Crippen LogP contribution in [-0.2, 0) is 23.9 Å². The number of hydrogen-bond donors (Lipinski definition) is 2. The van der Waals surface area contributed by atoms with Crippen molar-refractivity contribution in [1.29, 1.82) is 0 Å². The second-order valence-electron chi connectivity index (χ2n) is 10.6. The van der Waals surface area contributed by atoms with Gasteiger partial charge in [0.15, 0.2) is 0 Å². The van der Waals surface area contributed by atoms with Crippen LogP contribution in [0, 0.1) is 16.7 Å².